The summed E-state index contributed by atoms with van der Waals surface area (Å²) >= 11 is 2.85. The predicted octanol–water partition coefficient (Wildman–Crippen LogP) is 4.41. The number of hydrogen-bond acceptors (Lipinski definition) is 7. The van der Waals surface area contributed by atoms with Crippen molar-refractivity contribution in [3.8, 4) is 11.5 Å². The molecule has 0 bridgehead atoms. The van der Waals surface area contributed by atoms with E-state index in [4.69, 9.17) is 4.42 Å². The molecular formula is C20H18N4O2S2. The Bertz CT molecular complexity index is 1090. The summed E-state index contributed by atoms with van der Waals surface area (Å²) in [6.45, 7) is 2.48. The van der Waals surface area contributed by atoms with Crippen molar-refractivity contribution in [2.45, 2.75) is 18.7 Å². The van der Waals surface area contributed by atoms with Crippen molar-refractivity contribution in [2.24, 2.45) is 0 Å². The van der Waals surface area contributed by atoms with Crippen LogP contribution in [-0.2, 0) is 11.3 Å². The normalized spacial score (nSPS) is 11.1. The number of carbonyl (C=O) groups excluding carboxylic acids is 1. The van der Waals surface area contributed by atoms with Crippen LogP contribution in [-0.4, -0.2) is 38.8 Å². The Morgan fingerprint density at radius 2 is 1.93 bits per heavy atom. The van der Waals surface area contributed by atoms with Crippen molar-refractivity contribution >= 4 is 39.2 Å². The molecule has 2 heterocycles. The highest BCUT2D eigenvalue weighted by Gasteiger charge is 2.16. The first-order valence-corrected chi connectivity index (χ1v) is 10.5. The number of nitrogens with zero attached hydrogens (tertiary/aromatic N) is 4. The number of rotatable bonds is 6. The van der Waals surface area contributed by atoms with Crippen LogP contribution in [0.15, 0.2) is 58.2 Å². The van der Waals surface area contributed by atoms with E-state index >= 15 is 0 Å². The van der Waals surface area contributed by atoms with Crippen molar-refractivity contribution in [1.82, 2.24) is 20.1 Å². The van der Waals surface area contributed by atoms with Gasteiger partial charge in [-0.05, 0) is 30.7 Å². The average molecular weight is 411 g/mol. The van der Waals surface area contributed by atoms with Gasteiger partial charge in [0, 0.05) is 12.6 Å². The summed E-state index contributed by atoms with van der Waals surface area (Å²) in [7, 11) is 1.78. The zero-order chi connectivity index (χ0) is 19.5. The summed E-state index contributed by atoms with van der Waals surface area (Å²) in [4.78, 5) is 18.7. The third-order valence-corrected chi connectivity index (χ3v) is 6.06. The fourth-order valence-electron chi connectivity index (χ4n) is 2.70. The van der Waals surface area contributed by atoms with E-state index in [1.54, 1.807) is 23.3 Å². The molecule has 6 nitrogen and oxygen atoms in total. The maximum atomic E-state index is 12.5. The summed E-state index contributed by atoms with van der Waals surface area (Å²) in [5.74, 6) is 0.687. The van der Waals surface area contributed by atoms with Crippen LogP contribution in [0.3, 0.4) is 0 Å². The molecule has 0 spiro atoms. The van der Waals surface area contributed by atoms with Gasteiger partial charge in [-0.1, -0.05) is 42.1 Å². The number of aromatic nitrogens is 3. The molecule has 28 heavy (non-hydrogen) atoms. The topological polar surface area (TPSA) is 72.1 Å². The lowest BCUT2D eigenvalue weighted by Crippen LogP contribution is -2.27. The van der Waals surface area contributed by atoms with Crippen molar-refractivity contribution in [1.29, 1.82) is 0 Å². The highest BCUT2D eigenvalue weighted by molar-refractivity contribution is 7.99. The standard InChI is InChI=1S/C20H18N4O2S2/c1-13-7-3-4-8-14(13)19-22-23-20(26-19)27-12-18(25)24(2)11-17-21-15-9-5-6-10-16(15)28-17/h3-10H,11-12H2,1-2H3. The lowest BCUT2D eigenvalue weighted by Gasteiger charge is -2.14. The number of fused-ring (bicyclic) bond motifs is 1. The van der Waals surface area contributed by atoms with Crippen LogP contribution in [0, 0.1) is 6.92 Å². The number of thiazole rings is 1. The van der Waals surface area contributed by atoms with Gasteiger partial charge in [0.2, 0.25) is 11.8 Å². The van der Waals surface area contributed by atoms with Gasteiger partial charge in [-0.3, -0.25) is 4.79 Å². The van der Waals surface area contributed by atoms with Crippen LogP contribution < -0.4 is 0 Å². The molecule has 2 aromatic carbocycles. The molecule has 142 valence electrons. The van der Waals surface area contributed by atoms with Gasteiger partial charge >= 0.3 is 0 Å². The molecule has 4 rings (SSSR count). The van der Waals surface area contributed by atoms with E-state index < -0.39 is 0 Å². The maximum Gasteiger partial charge on any atom is 0.277 e. The van der Waals surface area contributed by atoms with Crippen LogP contribution in [0.2, 0.25) is 0 Å². The van der Waals surface area contributed by atoms with Crippen LogP contribution in [0.4, 0.5) is 0 Å². The number of benzene rings is 2. The van der Waals surface area contributed by atoms with Crippen molar-refractivity contribution < 1.29 is 9.21 Å². The molecule has 0 aliphatic carbocycles. The van der Waals surface area contributed by atoms with Crippen molar-refractivity contribution in [3.63, 3.8) is 0 Å². The van der Waals surface area contributed by atoms with Crippen LogP contribution in [0.5, 0.6) is 0 Å². The Balaban J connectivity index is 1.35. The Hall–Kier alpha value is -2.71. The zero-order valence-electron chi connectivity index (χ0n) is 15.5. The molecule has 4 aromatic rings. The molecule has 8 heteroatoms. The molecule has 0 aliphatic rings. The Labute approximate surface area is 170 Å². The molecule has 0 saturated carbocycles. The van der Waals surface area contributed by atoms with Gasteiger partial charge in [-0.2, -0.15) is 0 Å². The minimum Gasteiger partial charge on any atom is -0.411 e. The maximum absolute atomic E-state index is 12.5. The first-order chi connectivity index (χ1) is 13.6. The van der Waals surface area contributed by atoms with Crippen LogP contribution in [0.1, 0.15) is 10.6 Å². The number of carbonyl (C=O) groups is 1. The summed E-state index contributed by atoms with van der Waals surface area (Å²) in [6, 6.07) is 15.8. The fourth-order valence-corrected chi connectivity index (χ4v) is 4.43. The van der Waals surface area contributed by atoms with Gasteiger partial charge in [0.15, 0.2) is 0 Å². The molecule has 0 aliphatic heterocycles. The summed E-state index contributed by atoms with van der Waals surface area (Å²) in [6.07, 6.45) is 0. The minimum atomic E-state index is -0.0140. The largest absolute Gasteiger partial charge is 0.411 e. The van der Waals surface area contributed by atoms with Gasteiger partial charge in [0.25, 0.3) is 5.22 Å². The average Bonchev–Trinajstić information content (AvgIpc) is 3.32. The molecule has 0 atom stereocenters. The van der Waals surface area contributed by atoms with E-state index in [9.17, 15) is 4.79 Å². The summed E-state index contributed by atoms with van der Waals surface area (Å²) < 4.78 is 6.83. The van der Waals surface area contributed by atoms with Crippen LogP contribution >= 0.6 is 23.1 Å². The Morgan fingerprint density at radius 1 is 1.14 bits per heavy atom. The lowest BCUT2D eigenvalue weighted by molar-refractivity contribution is -0.127. The van der Waals surface area contributed by atoms with Gasteiger partial charge in [-0.15, -0.1) is 21.5 Å². The summed E-state index contributed by atoms with van der Waals surface area (Å²) in [5, 5.41) is 9.44. The third kappa shape index (κ3) is 4.07. The molecule has 0 radical (unpaired) electrons. The minimum absolute atomic E-state index is 0.0140. The van der Waals surface area contributed by atoms with Gasteiger partial charge in [0.1, 0.15) is 5.01 Å². The first-order valence-electron chi connectivity index (χ1n) is 8.71. The van der Waals surface area contributed by atoms with E-state index in [0.29, 0.717) is 17.7 Å². The monoisotopic (exact) mass is 410 g/mol. The van der Waals surface area contributed by atoms with E-state index in [1.165, 1.54) is 11.8 Å². The van der Waals surface area contributed by atoms with Gasteiger partial charge < -0.3 is 9.32 Å². The van der Waals surface area contributed by atoms with E-state index in [1.807, 2.05) is 55.5 Å². The molecule has 0 N–H and O–H groups in total. The number of para-hydroxylation sites is 1. The van der Waals surface area contributed by atoms with Gasteiger partial charge in [0.05, 0.1) is 22.5 Å². The Kier molecular flexibility index (Phi) is 5.40. The molecule has 1 amide bonds. The zero-order valence-corrected chi connectivity index (χ0v) is 17.1. The van der Waals surface area contributed by atoms with Gasteiger partial charge in [-0.25, -0.2) is 4.98 Å². The number of amides is 1. The summed E-state index contributed by atoms with van der Waals surface area (Å²) in [5.41, 5.74) is 2.93. The first kappa shape index (κ1) is 18.6. The van der Waals surface area contributed by atoms with Crippen molar-refractivity contribution in [3.05, 3.63) is 59.1 Å². The second-order valence-electron chi connectivity index (χ2n) is 6.30. The van der Waals surface area contributed by atoms with E-state index in [-0.39, 0.29) is 11.7 Å². The lowest BCUT2D eigenvalue weighted by atomic mass is 10.1. The second kappa shape index (κ2) is 8.12. The second-order valence-corrected chi connectivity index (χ2v) is 8.34. The number of hydrogen-bond donors (Lipinski definition) is 0. The third-order valence-electron chi connectivity index (χ3n) is 4.24. The Morgan fingerprint density at radius 3 is 2.75 bits per heavy atom. The predicted molar refractivity (Wildman–Crippen MR) is 111 cm³/mol. The molecule has 0 fully saturated rings. The smallest absolute Gasteiger partial charge is 0.277 e. The van der Waals surface area contributed by atoms with Crippen LogP contribution in [0.25, 0.3) is 21.7 Å². The molecule has 0 saturated heterocycles. The highest BCUT2D eigenvalue weighted by atomic mass is 32.2. The van der Waals surface area contributed by atoms with Crippen molar-refractivity contribution in [2.75, 3.05) is 12.8 Å². The fraction of sp³-hybridized carbons (Fsp3) is 0.200. The number of aryl methyl sites for hydroxylation is 1. The number of thioether (sulfide) groups is 1. The highest BCUT2D eigenvalue weighted by Crippen LogP contribution is 2.26. The van der Waals surface area contributed by atoms with E-state index in [0.717, 1.165) is 26.4 Å². The molecule has 2 aromatic heterocycles. The van der Waals surface area contributed by atoms with E-state index in [2.05, 4.69) is 15.2 Å². The SMILES string of the molecule is Cc1ccccc1-c1nnc(SCC(=O)N(C)Cc2nc3ccccc3s2)o1. The molecule has 0 unspecified atom stereocenters. The molecular weight excluding hydrogens is 392 g/mol. The quantitative estimate of drug-likeness (QED) is 0.439.